The maximum Gasteiger partial charge on any atom is 0.271 e. The van der Waals surface area contributed by atoms with Crippen molar-refractivity contribution in [2.24, 2.45) is 5.10 Å². The number of carbonyl (C=O) groups is 2. The molecule has 5 nitrogen and oxygen atoms in total. The Morgan fingerprint density at radius 2 is 1.55 bits per heavy atom. The van der Waals surface area contributed by atoms with Crippen LogP contribution in [0.15, 0.2) is 77.9 Å². The zero-order valence-electron chi connectivity index (χ0n) is 15.4. The number of hydrogen-bond acceptors (Lipinski definition) is 3. The van der Waals surface area contributed by atoms with Crippen LogP contribution in [0.1, 0.15) is 33.2 Å². The Bertz CT molecular complexity index is 1080. The van der Waals surface area contributed by atoms with Crippen molar-refractivity contribution in [2.75, 3.05) is 5.32 Å². The summed E-state index contributed by atoms with van der Waals surface area (Å²) in [7, 11) is 0. The highest BCUT2D eigenvalue weighted by Crippen LogP contribution is 2.15. The van der Waals surface area contributed by atoms with Crippen LogP contribution in [0.2, 0.25) is 5.02 Å². The number of halogens is 2. The number of amides is 2. The van der Waals surface area contributed by atoms with Gasteiger partial charge in [0.15, 0.2) is 0 Å². The molecule has 0 aliphatic rings. The van der Waals surface area contributed by atoms with Crippen LogP contribution in [-0.4, -0.2) is 17.5 Å². The molecular formula is C22H17ClFN3O2. The molecule has 0 saturated carbocycles. The second-order valence-electron chi connectivity index (χ2n) is 6.19. The first kappa shape index (κ1) is 20.2. The first-order chi connectivity index (χ1) is 13.9. The summed E-state index contributed by atoms with van der Waals surface area (Å²) in [6.45, 7) is 1.71. The fourth-order valence-electron chi connectivity index (χ4n) is 2.52. The van der Waals surface area contributed by atoms with Gasteiger partial charge in [0, 0.05) is 21.8 Å². The van der Waals surface area contributed by atoms with Gasteiger partial charge in [0.1, 0.15) is 5.82 Å². The van der Waals surface area contributed by atoms with Crippen molar-refractivity contribution in [1.29, 1.82) is 0 Å². The van der Waals surface area contributed by atoms with Crippen molar-refractivity contribution in [3.05, 3.63) is 100 Å². The lowest BCUT2D eigenvalue weighted by Crippen LogP contribution is -2.19. The number of hydrazone groups is 1. The zero-order chi connectivity index (χ0) is 20.8. The van der Waals surface area contributed by atoms with Gasteiger partial charge in [0.05, 0.1) is 5.71 Å². The Morgan fingerprint density at radius 3 is 2.28 bits per heavy atom. The summed E-state index contributed by atoms with van der Waals surface area (Å²) in [5, 5.41) is 7.41. The standard InChI is InChI=1S/C22H17ClFN3O2/c1-14(26-27-22(29)17-5-2-6-19(24)12-17)16-4-3-7-20(13-16)25-21(28)15-8-10-18(23)11-9-15/h2-13H,1H3,(H,25,28)(H,27,29)/b26-14-. The lowest BCUT2D eigenvalue weighted by Gasteiger charge is -2.08. The number of hydrogen-bond donors (Lipinski definition) is 2. The number of rotatable bonds is 5. The van der Waals surface area contributed by atoms with Gasteiger partial charge in [-0.2, -0.15) is 5.10 Å². The Balaban J connectivity index is 1.69. The van der Waals surface area contributed by atoms with E-state index in [1.54, 1.807) is 55.5 Å². The van der Waals surface area contributed by atoms with Gasteiger partial charge in [-0.1, -0.05) is 29.8 Å². The number of carbonyl (C=O) groups excluding carboxylic acids is 2. The predicted octanol–water partition coefficient (Wildman–Crippen LogP) is 4.89. The summed E-state index contributed by atoms with van der Waals surface area (Å²) < 4.78 is 13.2. The van der Waals surface area contributed by atoms with Crippen molar-refractivity contribution in [2.45, 2.75) is 6.92 Å². The van der Waals surface area contributed by atoms with E-state index in [2.05, 4.69) is 15.8 Å². The molecule has 0 atom stereocenters. The molecule has 0 heterocycles. The molecule has 7 heteroatoms. The maximum atomic E-state index is 13.2. The number of anilines is 1. The summed E-state index contributed by atoms with van der Waals surface area (Å²) >= 11 is 5.84. The molecule has 0 unspecified atom stereocenters. The van der Waals surface area contributed by atoms with E-state index in [1.807, 2.05) is 0 Å². The van der Waals surface area contributed by atoms with Crippen LogP contribution in [-0.2, 0) is 0 Å². The molecule has 3 rings (SSSR count). The average Bonchev–Trinajstić information content (AvgIpc) is 2.72. The summed E-state index contributed by atoms with van der Waals surface area (Å²) in [5.41, 5.74) is 4.86. The van der Waals surface area contributed by atoms with E-state index in [1.165, 1.54) is 18.2 Å². The molecule has 3 aromatic carbocycles. The first-order valence-electron chi connectivity index (χ1n) is 8.70. The van der Waals surface area contributed by atoms with Gasteiger partial charge >= 0.3 is 0 Å². The van der Waals surface area contributed by atoms with Crippen LogP contribution in [0.4, 0.5) is 10.1 Å². The lowest BCUT2D eigenvalue weighted by molar-refractivity contribution is 0.0953. The molecule has 2 N–H and O–H groups in total. The van der Waals surface area contributed by atoms with Crippen LogP contribution >= 0.6 is 11.6 Å². The molecule has 3 aromatic rings. The van der Waals surface area contributed by atoms with Crippen LogP contribution in [0, 0.1) is 5.82 Å². The minimum atomic E-state index is -0.518. The monoisotopic (exact) mass is 409 g/mol. The molecule has 0 spiro atoms. The summed E-state index contributed by atoms with van der Waals surface area (Å²) in [6.07, 6.45) is 0. The SMILES string of the molecule is C/C(=N/NC(=O)c1cccc(F)c1)c1cccc(NC(=O)c2ccc(Cl)cc2)c1. The van der Waals surface area contributed by atoms with Crippen molar-refractivity contribution in [1.82, 2.24) is 5.43 Å². The molecule has 29 heavy (non-hydrogen) atoms. The van der Waals surface area contributed by atoms with Crippen LogP contribution in [0.5, 0.6) is 0 Å². The molecule has 0 fully saturated rings. The van der Waals surface area contributed by atoms with Crippen molar-refractivity contribution in [3.63, 3.8) is 0 Å². The highest BCUT2D eigenvalue weighted by molar-refractivity contribution is 6.30. The largest absolute Gasteiger partial charge is 0.322 e. The zero-order valence-corrected chi connectivity index (χ0v) is 16.2. The van der Waals surface area contributed by atoms with Crippen LogP contribution < -0.4 is 10.7 Å². The van der Waals surface area contributed by atoms with Gasteiger partial charge in [-0.3, -0.25) is 9.59 Å². The smallest absolute Gasteiger partial charge is 0.271 e. The molecule has 0 aromatic heterocycles. The molecule has 0 aliphatic carbocycles. The fraction of sp³-hybridized carbons (Fsp3) is 0.0455. The third-order valence-electron chi connectivity index (χ3n) is 4.06. The van der Waals surface area contributed by atoms with Crippen molar-refractivity contribution >= 4 is 34.8 Å². The van der Waals surface area contributed by atoms with E-state index in [0.29, 0.717) is 27.5 Å². The molecule has 0 bridgehead atoms. The minimum absolute atomic E-state index is 0.172. The first-order valence-corrected chi connectivity index (χ1v) is 9.08. The summed E-state index contributed by atoms with van der Waals surface area (Å²) in [4.78, 5) is 24.4. The third kappa shape index (κ3) is 5.49. The Labute approximate surface area is 172 Å². The molecular weight excluding hydrogens is 393 g/mol. The van der Waals surface area contributed by atoms with E-state index < -0.39 is 11.7 Å². The van der Waals surface area contributed by atoms with E-state index >= 15 is 0 Å². The molecule has 2 amide bonds. The van der Waals surface area contributed by atoms with Crippen LogP contribution in [0.3, 0.4) is 0 Å². The lowest BCUT2D eigenvalue weighted by atomic mass is 10.1. The van der Waals surface area contributed by atoms with Gasteiger partial charge < -0.3 is 5.32 Å². The minimum Gasteiger partial charge on any atom is -0.322 e. The number of benzene rings is 3. The Hall–Kier alpha value is -3.51. The highest BCUT2D eigenvalue weighted by atomic mass is 35.5. The van der Waals surface area contributed by atoms with Gasteiger partial charge in [-0.25, -0.2) is 9.82 Å². The number of nitrogens with one attached hydrogen (secondary N) is 2. The third-order valence-corrected chi connectivity index (χ3v) is 4.31. The van der Waals surface area contributed by atoms with Gasteiger partial charge in [0.2, 0.25) is 0 Å². The van der Waals surface area contributed by atoms with Gasteiger partial charge in [-0.15, -0.1) is 0 Å². The quantitative estimate of drug-likeness (QED) is 0.465. The highest BCUT2D eigenvalue weighted by Gasteiger charge is 2.08. The van der Waals surface area contributed by atoms with Gasteiger partial charge in [0.25, 0.3) is 11.8 Å². The van der Waals surface area contributed by atoms with Crippen LogP contribution in [0.25, 0.3) is 0 Å². The van der Waals surface area contributed by atoms with E-state index in [4.69, 9.17) is 11.6 Å². The number of nitrogens with zero attached hydrogens (tertiary/aromatic N) is 1. The Kier molecular flexibility index (Phi) is 6.36. The van der Waals surface area contributed by atoms with Gasteiger partial charge in [-0.05, 0) is 67.1 Å². The second kappa shape index (κ2) is 9.12. The maximum absolute atomic E-state index is 13.2. The molecule has 0 radical (unpaired) electrons. The van der Waals surface area contributed by atoms with E-state index in [0.717, 1.165) is 6.07 Å². The molecule has 0 aliphatic heterocycles. The van der Waals surface area contributed by atoms with E-state index in [-0.39, 0.29) is 11.5 Å². The topological polar surface area (TPSA) is 70.6 Å². The fourth-order valence-corrected chi connectivity index (χ4v) is 2.65. The van der Waals surface area contributed by atoms with E-state index in [9.17, 15) is 14.0 Å². The average molecular weight is 410 g/mol. The second-order valence-corrected chi connectivity index (χ2v) is 6.63. The summed E-state index contributed by atoms with van der Waals surface area (Å²) in [6, 6.07) is 18.9. The molecule has 146 valence electrons. The normalized spacial score (nSPS) is 11.1. The molecule has 0 saturated heterocycles. The van der Waals surface area contributed by atoms with Crippen molar-refractivity contribution < 1.29 is 14.0 Å². The Morgan fingerprint density at radius 1 is 0.862 bits per heavy atom. The van der Waals surface area contributed by atoms with Crippen molar-refractivity contribution in [3.8, 4) is 0 Å². The summed E-state index contributed by atoms with van der Waals surface area (Å²) in [5.74, 6) is -1.29. The predicted molar refractivity (Wildman–Crippen MR) is 112 cm³/mol.